The Kier molecular flexibility index (Phi) is 1.40. The van der Waals surface area contributed by atoms with Crippen molar-refractivity contribution < 1.29 is 4.79 Å². The molecule has 0 radical (unpaired) electrons. The van der Waals surface area contributed by atoms with E-state index in [4.69, 9.17) is 0 Å². The average Bonchev–Trinajstić information content (AvgIpc) is 2.44. The van der Waals surface area contributed by atoms with Gasteiger partial charge in [0.25, 0.3) is 0 Å². The van der Waals surface area contributed by atoms with Crippen molar-refractivity contribution >= 4 is 17.2 Å². The highest BCUT2D eigenvalue weighted by Gasteiger charge is 2.05. The van der Waals surface area contributed by atoms with Crippen LogP contribution in [0.1, 0.15) is 10.5 Å². The number of nitrogens with zero attached hydrogens (tertiary/aromatic N) is 3. The third-order valence-corrected chi connectivity index (χ3v) is 1.79. The molecule has 0 aliphatic rings. The Hall–Kier alpha value is -1.71. The Balaban J connectivity index is 2.91. The van der Waals surface area contributed by atoms with Gasteiger partial charge >= 0.3 is 0 Å². The first-order valence-electron chi connectivity index (χ1n) is 3.55. The number of aromatic nitrogens is 3. The summed E-state index contributed by atoms with van der Waals surface area (Å²) in [6, 6.07) is 1.83. The first-order valence-corrected chi connectivity index (χ1v) is 3.55. The minimum atomic E-state index is 0.445. The fourth-order valence-electron chi connectivity index (χ4n) is 1.22. The highest BCUT2D eigenvalue weighted by molar-refractivity contribution is 5.94. The molecular weight excluding hydrogens is 154 g/mol. The van der Waals surface area contributed by atoms with Crippen LogP contribution in [0.25, 0.3) is 10.9 Å². The molecule has 2 heterocycles. The Morgan fingerprint density at radius 2 is 2.42 bits per heavy atom. The van der Waals surface area contributed by atoms with Crippen LogP contribution in [0.4, 0.5) is 0 Å². The Bertz CT molecular complexity index is 433. The molecule has 0 saturated heterocycles. The molecule has 0 N–H and O–H groups in total. The van der Waals surface area contributed by atoms with Crippen LogP contribution in [0.2, 0.25) is 0 Å². The number of fused-ring (bicyclic) bond motifs is 1. The molecule has 2 aromatic heterocycles. The molecule has 60 valence electrons. The smallest absolute Gasteiger partial charge is 0.171 e. The van der Waals surface area contributed by atoms with E-state index in [1.807, 2.05) is 6.07 Å². The van der Waals surface area contributed by atoms with Gasteiger partial charge in [-0.15, -0.1) is 0 Å². The highest BCUT2D eigenvalue weighted by atomic mass is 16.1. The highest BCUT2D eigenvalue weighted by Crippen LogP contribution is 2.13. The maximum atomic E-state index is 10.5. The lowest BCUT2D eigenvalue weighted by Gasteiger charge is -1.89. The molecule has 0 aliphatic carbocycles. The van der Waals surface area contributed by atoms with Crippen molar-refractivity contribution in [2.24, 2.45) is 7.05 Å². The molecule has 2 rings (SSSR count). The van der Waals surface area contributed by atoms with E-state index in [9.17, 15) is 4.79 Å². The number of hydrogen-bond donors (Lipinski definition) is 0. The van der Waals surface area contributed by atoms with Gasteiger partial charge in [0.15, 0.2) is 6.29 Å². The van der Waals surface area contributed by atoms with Crippen LogP contribution in [0.3, 0.4) is 0 Å². The van der Waals surface area contributed by atoms with Gasteiger partial charge in [-0.25, -0.2) is 0 Å². The summed E-state index contributed by atoms with van der Waals surface area (Å²) in [5, 5.41) is 4.82. The lowest BCUT2D eigenvalue weighted by atomic mass is 10.3. The van der Waals surface area contributed by atoms with Crippen LogP contribution in [0, 0.1) is 0 Å². The van der Waals surface area contributed by atoms with E-state index in [1.54, 1.807) is 24.1 Å². The van der Waals surface area contributed by atoms with E-state index in [1.165, 1.54) is 0 Å². The number of pyridine rings is 1. The second-order valence-corrected chi connectivity index (χ2v) is 2.52. The van der Waals surface area contributed by atoms with Gasteiger partial charge in [-0.3, -0.25) is 14.5 Å². The predicted octanol–water partition coefficient (Wildman–Crippen LogP) is 0.781. The van der Waals surface area contributed by atoms with Gasteiger partial charge in [0.2, 0.25) is 0 Å². The summed E-state index contributed by atoms with van der Waals surface area (Å²) in [4.78, 5) is 14.5. The average molecular weight is 161 g/mol. The molecule has 4 heteroatoms. The fraction of sp³-hybridized carbons (Fsp3) is 0.125. The molecule has 0 spiro atoms. The van der Waals surface area contributed by atoms with Gasteiger partial charge in [-0.2, -0.15) is 5.10 Å². The van der Waals surface area contributed by atoms with Crippen molar-refractivity contribution in [1.82, 2.24) is 14.8 Å². The van der Waals surface area contributed by atoms with Crippen molar-refractivity contribution in [3.63, 3.8) is 0 Å². The summed E-state index contributed by atoms with van der Waals surface area (Å²) in [6.07, 6.45) is 4.06. The van der Waals surface area contributed by atoms with E-state index in [0.717, 1.165) is 17.2 Å². The minimum Gasteiger partial charge on any atom is -0.296 e. The SMILES string of the molecule is Cn1nc(C=O)c2cnccc21. The second-order valence-electron chi connectivity index (χ2n) is 2.52. The van der Waals surface area contributed by atoms with Gasteiger partial charge in [0, 0.05) is 24.8 Å². The molecular formula is C8H7N3O. The summed E-state index contributed by atoms with van der Waals surface area (Å²) < 4.78 is 1.67. The van der Waals surface area contributed by atoms with E-state index in [0.29, 0.717) is 5.69 Å². The summed E-state index contributed by atoms with van der Waals surface area (Å²) in [7, 11) is 1.80. The number of aryl methyl sites for hydroxylation is 1. The van der Waals surface area contributed by atoms with Crippen LogP contribution in [-0.2, 0) is 7.05 Å². The number of carbonyl (C=O) groups excluding carboxylic acids is 1. The third kappa shape index (κ3) is 0.812. The van der Waals surface area contributed by atoms with Gasteiger partial charge in [-0.05, 0) is 6.07 Å². The monoisotopic (exact) mass is 161 g/mol. The van der Waals surface area contributed by atoms with Crippen LogP contribution < -0.4 is 0 Å². The van der Waals surface area contributed by atoms with Crippen LogP contribution in [0.15, 0.2) is 18.5 Å². The molecule has 0 saturated carbocycles. The second kappa shape index (κ2) is 2.41. The summed E-state index contributed by atoms with van der Waals surface area (Å²) in [6.45, 7) is 0. The number of carbonyl (C=O) groups is 1. The van der Waals surface area contributed by atoms with Gasteiger partial charge < -0.3 is 0 Å². The molecule has 12 heavy (non-hydrogen) atoms. The Morgan fingerprint density at radius 3 is 3.17 bits per heavy atom. The quantitative estimate of drug-likeness (QED) is 0.580. The van der Waals surface area contributed by atoms with Crippen LogP contribution >= 0.6 is 0 Å². The van der Waals surface area contributed by atoms with Gasteiger partial charge in [0.1, 0.15) is 5.69 Å². The molecule has 0 amide bonds. The number of rotatable bonds is 1. The number of hydrogen-bond acceptors (Lipinski definition) is 3. The van der Waals surface area contributed by atoms with E-state index in [-0.39, 0.29) is 0 Å². The van der Waals surface area contributed by atoms with E-state index < -0.39 is 0 Å². The maximum Gasteiger partial charge on any atom is 0.171 e. The topological polar surface area (TPSA) is 47.8 Å². The Labute approximate surface area is 68.8 Å². The maximum absolute atomic E-state index is 10.5. The molecule has 0 atom stereocenters. The minimum absolute atomic E-state index is 0.445. The lowest BCUT2D eigenvalue weighted by Crippen LogP contribution is -1.90. The molecule has 0 aromatic carbocycles. The summed E-state index contributed by atoms with van der Waals surface area (Å²) in [5.41, 5.74) is 1.37. The standard InChI is InChI=1S/C8H7N3O/c1-11-8-2-3-9-4-6(8)7(5-12)10-11/h2-5H,1H3. The normalized spacial score (nSPS) is 10.4. The van der Waals surface area contributed by atoms with Crippen molar-refractivity contribution in [3.05, 3.63) is 24.2 Å². The van der Waals surface area contributed by atoms with E-state index >= 15 is 0 Å². The number of aldehydes is 1. The first kappa shape index (κ1) is 6.97. The molecule has 0 fully saturated rings. The zero-order chi connectivity index (χ0) is 8.55. The zero-order valence-electron chi connectivity index (χ0n) is 6.56. The van der Waals surface area contributed by atoms with Gasteiger partial charge in [0.05, 0.1) is 5.52 Å². The van der Waals surface area contributed by atoms with Crippen molar-refractivity contribution in [2.45, 2.75) is 0 Å². The predicted molar refractivity (Wildman–Crippen MR) is 43.9 cm³/mol. The Morgan fingerprint density at radius 1 is 1.58 bits per heavy atom. The van der Waals surface area contributed by atoms with Crippen LogP contribution in [-0.4, -0.2) is 21.1 Å². The van der Waals surface area contributed by atoms with Crippen molar-refractivity contribution in [3.8, 4) is 0 Å². The van der Waals surface area contributed by atoms with E-state index in [2.05, 4.69) is 10.1 Å². The van der Waals surface area contributed by atoms with Crippen molar-refractivity contribution in [1.29, 1.82) is 0 Å². The lowest BCUT2D eigenvalue weighted by molar-refractivity contribution is 0.111. The van der Waals surface area contributed by atoms with Crippen molar-refractivity contribution in [2.75, 3.05) is 0 Å². The van der Waals surface area contributed by atoms with Gasteiger partial charge in [-0.1, -0.05) is 0 Å². The molecule has 0 bridgehead atoms. The molecule has 0 unspecified atom stereocenters. The zero-order valence-corrected chi connectivity index (χ0v) is 6.56. The molecule has 0 aliphatic heterocycles. The molecule has 2 aromatic rings. The summed E-state index contributed by atoms with van der Waals surface area (Å²) >= 11 is 0. The fourth-order valence-corrected chi connectivity index (χ4v) is 1.22. The van der Waals surface area contributed by atoms with Crippen LogP contribution in [0.5, 0.6) is 0 Å². The molecule has 4 nitrogen and oxygen atoms in total. The largest absolute Gasteiger partial charge is 0.296 e. The first-order chi connectivity index (χ1) is 5.83. The summed E-state index contributed by atoms with van der Waals surface area (Å²) in [5.74, 6) is 0. The third-order valence-electron chi connectivity index (χ3n) is 1.79.